The van der Waals surface area contributed by atoms with Crippen LogP contribution in [0.4, 0.5) is 0 Å². The van der Waals surface area contributed by atoms with Gasteiger partial charge in [0.1, 0.15) is 0 Å². The van der Waals surface area contributed by atoms with E-state index < -0.39 is 5.60 Å². The molecular formula is C20H33N3O2. The fraction of sp³-hybridized carbons (Fsp3) is 0.700. The summed E-state index contributed by atoms with van der Waals surface area (Å²) in [6.07, 6.45) is 10.0. The van der Waals surface area contributed by atoms with Gasteiger partial charge in [0.15, 0.2) is 11.4 Å². The molecule has 0 aromatic carbocycles. The van der Waals surface area contributed by atoms with Gasteiger partial charge in [0.25, 0.3) is 5.91 Å². The molecule has 1 heterocycles. The summed E-state index contributed by atoms with van der Waals surface area (Å²) in [5, 5.41) is 6.48. The molecule has 0 unspecified atom stereocenters. The highest BCUT2D eigenvalue weighted by Gasteiger charge is 2.36. The number of hydrogen-bond donors (Lipinski definition) is 2. The summed E-state index contributed by atoms with van der Waals surface area (Å²) in [6, 6.07) is 0.607. The van der Waals surface area contributed by atoms with Crippen molar-refractivity contribution in [2.45, 2.75) is 78.4 Å². The zero-order valence-electron chi connectivity index (χ0n) is 16.3. The van der Waals surface area contributed by atoms with Gasteiger partial charge in [0.05, 0.1) is 11.9 Å². The lowest BCUT2D eigenvalue weighted by Gasteiger charge is -2.33. The van der Waals surface area contributed by atoms with E-state index in [9.17, 15) is 4.79 Å². The molecule has 140 valence electrons. The van der Waals surface area contributed by atoms with Crippen molar-refractivity contribution in [3.05, 3.63) is 23.7 Å². The average molecular weight is 348 g/mol. The van der Waals surface area contributed by atoms with E-state index in [1.807, 2.05) is 19.9 Å². The maximum absolute atomic E-state index is 11.9. The molecule has 1 amide bonds. The summed E-state index contributed by atoms with van der Waals surface area (Å²) in [6.45, 7) is 10.5. The lowest BCUT2D eigenvalue weighted by atomic mass is 9.84. The fourth-order valence-corrected chi connectivity index (χ4v) is 3.30. The van der Waals surface area contributed by atoms with E-state index in [2.05, 4.69) is 22.5 Å². The fourth-order valence-electron chi connectivity index (χ4n) is 3.30. The maximum atomic E-state index is 11.9. The number of hydrogen-bond acceptors (Lipinski definition) is 4. The van der Waals surface area contributed by atoms with Crippen LogP contribution in [0, 0.1) is 5.92 Å². The van der Waals surface area contributed by atoms with Crippen molar-refractivity contribution >= 4 is 11.6 Å². The molecule has 2 rings (SSSR count). The van der Waals surface area contributed by atoms with Gasteiger partial charge >= 0.3 is 0 Å². The predicted octanol–water partition coefficient (Wildman–Crippen LogP) is 3.68. The van der Waals surface area contributed by atoms with Crippen LogP contribution in [0.15, 0.2) is 28.7 Å². The first-order chi connectivity index (χ1) is 11.9. The Morgan fingerprint density at radius 1 is 1.36 bits per heavy atom. The van der Waals surface area contributed by atoms with Crippen molar-refractivity contribution < 1.29 is 9.53 Å². The molecule has 1 saturated heterocycles. The Morgan fingerprint density at radius 3 is 2.64 bits per heavy atom. The van der Waals surface area contributed by atoms with Crippen LogP contribution in [-0.4, -0.2) is 29.8 Å². The van der Waals surface area contributed by atoms with Crippen LogP contribution in [0.1, 0.15) is 66.7 Å². The van der Waals surface area contributed by atoms with E-state index in [0.29, 0.717) is 17.5 Å². The number of carbonyl (C=O) groups excluding carboxylic acids is 1. The van der Waals surface area contributed by atoms with Crippen molar-refractivity contribution in [2.75, 3.05) is 6.54 Å². The molecule has 1 saturated carbocycles. The first-order valence-electron chi connectivity index (χ1n) is 9.49. The molecule has 1 aliphatic heterocycles. The van der Waals surface area contributed by atoms with Gasteiger partial charge in [-0.2, -0.15) is 0 Å². The number of carbonyl (C=O) groups is 1. The van der Waals surface area contributed by atoms with Gasteiger partial charge in [0.2, 0.25) is 0 Å². The van der Waals surface area contributed by atoms with Gasteiger partial charge in [-0.1, -0.05) is 19.4 Å². The number of amides is 1. The molecule has 2 N–H and O–H groups in total. The van der Waals surface area contributed by atoms with E-state index >= 15 is 0 Å². The minimum absolute atomic E-state index is 0.136. The topological polar surface area (TPSA) is 62.7 Å². The third-order valence-corrected chi connectivity index (χ3v) is 5.19. The lowest BCUT2D eigenvalue weighted by molar-refractivity contribution is -0.140. The van der Waals surface area contributed by atoms with Crippen LogP contribution < -0.4 is 10.6 Å². The van der Waals surface area contributed by atoms with Gasteiger partial charge in [-0.25, -0.2) is 0 Å². The quantitative estimate of drug-likeness (QED) is 0.746. The standard InChI is InChI=1S/C20H33N3O2/c1-6-15-8-10-16(11-9-15)22-12-14(3)21-13-18-17(7-2)23-19(24)20(4,5)25-18/h7,13,15-16,22H,6,8-12H2,1-5H3,(H,23,24)/b17-7?,18-13+,21-14+/t15-,16-. The smallest absolute Gasteiger partial charge is 0.268 e. The minimum Gasteiger partial charge on any atom is -0.474 e. The molecule has 0 atom stereocenters. The SMILES string of the molecule is CC=C1NC(=O)C(C)(C)O/C1=C/N=C(\C)CN[C@H]1CC[C@H](CC)CC1. The van der Waals surface area contributed by atoms with Crippen molar-refractivity contribution in [3.63, 3.8) is 0 Å². The molecule has 0 spiro atoms. The van der Waals surface area contributed by atoms with E-state index in [-0.39, 0.29) is 5.91 Å². The summed E-state index contributed by atoms with van der Waals surface area (Å²) < 4.78 is 5.81. The van der Waals surface area contributed by atoms with Crippen LogP contribution in [0.5, 0.6) is 0 Å². The van der Waals surface area contributed by atoms with Crippen LogP contribution in [0.2, 0.25) is 0 Å². The molecule has 25 heavy (non-hydrogen) atoms. The Kier molecular flexibility index (Phi) is 6.82. The first-order valence-corrected chi connectivity index (χ1v) is 9.49. The second kappa shape index (κ2) is 8.65. The Hall–Kier alpha value is -1.62. The van der Waals surface area contributed by atoms with E-state index in [1.165, 1.54) is 32.1 Å². The van der Waals surface area contributed by atoms with Gasteiger partial charge < -0.3 is 15.4 Å². The summed E-state index contributed by atoms with van der Waals surface area (Å²) in [4.78, 5) is 16.5. The molecule has 0 radical (unpaired) electrons. The Bertz CT molecular complexity index is 567. The third kappa shape index (κ3) is 5.43. The van der Waals surface area contributed by atoms with Crippen LogP contribution in [0.3, 0.4) is 0 Å². The summed E-state index contributed by atoms with van der Waals surface area (Å²) >= 11 is 0. The largest absolute Gasteiger partial charge is 0.474 e. The predicted molar refractivity (Wildman–Crippen MR) is 102 cm³/mol. The zero-order valence-corrected chi connectivity index (χ0v) is 16.3. The number of allylic oxidation sites excluding steroid dienone is 1. The average Bonchev–Trinajstić information content (AvgIpc) is 2.60. The molecule has 0 aromatic heterocycles. The molecule has 2 fully saturated rings. The molecule has 0 aromatic rings. The van der Waals surface area contributed by atoms with E-state index in [4.69, 9.17) is 4.74 Å². The Morgan fingerprint density at radius 2 is 2.04 bits per heavy atom. The molecule has 1 aliphatic carbocycles. The number of morpholine rings is 1. The molecule has 2 aliphatic rings. The Labute approximate surface area is 152 Å². The van der Waals surface area contributed by atoms with Gasteiger partial charge in [0, 0.05) is 18.3 Å². The second-order valence-corrected chi connectivity index (χ2v) is 7.63. The Balaban J connectivity index is 1.90. The number of rotatable bonds is 5. The molecule has 5 nitrogen and oxygen atoms in total. The molecular weight excluding hydrogens is 314 g/mol. The third-order valence-electron chi connectivity index (χ3n) is 5.19. The number of ether oxygens (including phenoxy) is 1. The zero-order chi connectivity index (χ0) is 18.4. The van der Waals surface area contributed by atoms with Gasteiger partial charge in [-0.15, -0.1) is 0 Å². The van der Waals surface area contributed by atoms with Crippen LogP contribution >= 0.6 is 0 Å². The monoisotopic (exact) mass is 347 g/mol. The molecule has 5 heteroatoms. The van der Waals surface area contributed by atoms with Crippen molar-refractivity contribution in [3.8, 4) is 0 Å². The normalized spacial score (nSPS) is 30.3. The minimum atomic E-state index is -0.877. The second-order valence-electron chi connectivity index (χ2n) is 7.63. The van der Waals surface area contributed by atoms with E-state index in [1.54, 1.807) is 20.0 Å². The van der Waals surface area contributed by atoms with Gasteiger partial charge in [-0.05, 0) is 59.3 Å². The number of aliphatic imine (C=N–C) groups is 1. The molecule has 0 bridgehead atoms. The van der Waals surface area contributed by atoms with Crippen molar-refractivity contribution in [1.82, 2.24) is 10.6 Å². The van der Waals surface area contributed by atoms with Gasteiger partial charge in [-0.3, -0.25) is 9.79 Å². The summed E-state index contributed by atoms with van der Waals surface area (Å²) in [5.74, 6) is 1.39. The van der Waals surface area contributed by atoms with Crippen LogP contribution in [-0.2, 0) is 9.53 Å². The number of nitrogens with zero attached hydrogens (tertiary/aromatic N) is 1. The summed E-state index contributed by atoms with van der Waals surface area (Å²) in [5.41, 5.74) is 0.809. The highest BCUT2D eigenvalue weighted by molar-refractivity contribution is 5.88. The van der Waals surface area contributed by atoms with Crippen molar-refractivity contribution in [2.24, 2.45) is 10.9 Å². The lowest BCUT2D eigenvalue weighted by Crippen LogP contribution is -2.48. The maximum Gasteiger partial charge on any atom is 0.268 e. The number of nitrogens with one attached hydrogen (secondary N) is 2. The van der Waals surface area contributed by atoms with Crippen molar-refractivity contribution in [1.29, 1.82) is 0 Å². The first kappa shape index (κ1) is 19.7. The highest BCUT2D eigenvalue weighted by atomic mass is 16.5. The van der Waals surface area contributed by atoms with Crippen LogP contribution in [0.25, 0.3) is 0 Å². The highest BCUT2D eigenvalue weighted by Crippen LogP contribution is 2.27. The van der Waals surface area contributed by atoms with E-state index in [0.717, 1.165) is 18.2 Å². The summed E-state index contributed by atoms with van der Waals surface area (Å²) in [7, 11) is 0.